The molecule has 2 aromatic heterocycles. The van der Waals surface area contributed by atoms with E-state index in [-0.39, 0.29) is 6.04 Å². The van der Waals surface area contributed by atoms with E-state index in [0.29, 0.717) is 6.61 Å². The van der Waals surface area contributed by atoms with Crippen LogP contribution in [-0.4, -0.2) is 9.38 Å². The number of benzene rings is 1. The monoisotopic (exact) mass is 287 g/mol. The normalized spacial score (nSPS) is 12.8. The second kappa shape index (κ2) is 5.26. The molecule has 104 valence electrons. The maximum Gasteiger partial charge on any atom is 0.193 e. The molecule has 20 heavy (non-hydrogen) atoms. The van der Waals surface area contributed by atoms with E-state index in [4.69, 9.17) is 10.5 Å². The molecule has 0 spiro atoms. The van der Waals surface area contributed by atoms with Gasteiger partial charge in [0.25, 0.3) is 0 Å². The Kier molecular flexibility index (Phi) is 3.46. The van der Waals surface area contributed by atoms with E-state index in [2.05, 4.69) is 18.0 Å². The highest BCUT2D eigenvalue weighted by atomic mass is 32.1. The molecule has 4 nitrogen and oxygen atoms in total. The van der Waals surface area contributed by atoms with Crippen molar-refractivity contribution in [1.29, 1.82) is 0 Å². The van der Waals surface area contributed by atoms with Crippen molar-refractivity contribution in [3.05, 3.63) is 52.8 Å². The van der Waals surface area contributed by atoms with Gasteiger partial charge in [-0.05, 0) is 19.9 Å². The summed E-state index contributed by atoms with van der Waals surface area (Å²) in [5.74, 6) is 0.835. The Morgan fingerprint density at radius 3 is 3.05 bits per heavy atom. The zero-order valence-corrected chi connectivity index (χ0v) is 12.4. The van der Waals surface area contributed by atoms with Gasteiger partial charge in [-0.3, -0.25) is 4.40 Å². The molecule has 0 saturated heterocycles. The van der Waals surface area contributed by atoms with Crippen LogP contribution in [0, 0.1) is 6.92 Å². The smallest absolute Gasteiger partial charge is 0.193 e. The van der Waals surface area contributed by atoms with Crippen LogP contribution < -0.4 is 10.5 Å². The molecule has 0 aliphatic heterocycles. The molecule has 0 radical (unpaired) electrons. The summed E-state index contributed by atoms with van der Waals surface area (Å²) in [7, 11) is 0. The van der Waals surface area contributed by atoms with E-state index in [1.807, 2.05) is 41.2 Å². The van der Waals surface area contributed by atoms with Crippen LogP contribution in [0.15, 0.2) is 36.0 Å². The third kappa shape index (κ3) is 2.55. The summed E-state index contributed by atoms with van der Waals surface area (Å²) in [5, 5.41) is 2.02. The molecule has 2 heterocycles. The predicted octanol–water partition coefficient (Wildman–Crippen LogP) is 3.30. The zero-order chi connectivity index (χ0) is 14.1. The Morgan fingerprint density at radius 1 is 1.45 bits per heavy atom. The molecule has 0 amide bonds. The highest BCUT2D eigenvalue weighted by Gasteiger charge is 2.10. The van der Waals surface area contributed by atoms with Crippen molar-refractivity contribution in [2.75, 3.05) is 0 Å². The van der Waals surface area contributed by atoms with E-state index >= 15 is 0 Å². The highest BCUT2D eigenvalue weighted by molar-refractivity contribution is 7.15. The van der Waals surface area contributed by atoms with Gasteiger partial charge >= 0.3 is 0 Å². The third-order valence-electron chi connectivity index (χ3n) is 3.17. The molecule has 0 aliphatic rings. The minimum atomic E-state index is -0.0459. The first-order chi connectivity index (χ1) is 9.63. The van der Waals surface area contributed by atoms with Gasteiger partial charge in [0.2, 0.25) is 0 Å². The van der Waals surface area contributed by atoms with Crippen LogP contribution in [0.4, 0.5) is 0 Å². The van der Waals surface area contributed by atoms with Crippen molar-refractivity contribution in [3.63, 3.8) is 0 Å². The molecule has 0 unspecified atom stereocenters. The molecule has 3 aromatic rings. The Labute approximate surface area is 121 Å². The standard InChI is InChI=1S/C15H17N3OS/c1-10-3-4-14(13(7-10)11(2)16)19-9-12-8-18-5-6-20-15(18)17-12/h3-8,11H,9,16H2,1-2H3/t11-/m1/s1. The number of imidazole rings is 1. The van der Waals surface area contributed by atoms with Crippen LogP contribution in [0.3, 0.4) is 0 Å². The summed E-state index contributed by atoms with van der Waals surface area (Å²) in [6.07, 6.45) is 3.99. The second-order valence-electron chi connectivity index (χ2n) is 4.94. The van der Waals surface area contributed by atoms with Crippen LogP contribution in [0.25, 0.3) is 4.96 Å². The van der Waals surface area contributed by atoms with Crippen molar-refractivity contribution < 1.29 is 4.74 Å². The van der Waals surface area contributed by atoms with Gasteiger partial charge in [-0.15, -0.1) is 11.3 Å². The molecule has 5 heteroatoms. The summed E-state index contributed by atoms with van der Waals surface area (Å²) in [4.78, 5) is 5.49. The van der Waals surface area contributed by atoms with Gasteiger partial charge in [-0.25, -0.2) is 4.98 Å². The molecule has 1 aromatic carbocycles. The first-order valence-corrected chi connectivity index (χ1v) is 7.41. The molecule has 0 saturated carbocycles. The molecule has 0 aliphatic carbocycles. The minimum Gasteiger partial charge on any atom is -0.487 e. The molecule has 3 rings (SSSR count). The second-order valence-corrected chi connectivity index (χ2v) is 5.82. The fourth-order valence-electron chi connectivity index (χ4n) is 2.15. The maximum atomic E-state index is 6.00. The average molecular weight is 287 g/mol. The van der Waals surface area contributed by atoms with E-state index in [0.717, 1.165) is 22.0 Å². The Bertz CT molecular complexity index is 701. The molecular formula is C15H17N3OS. The number of nitrogens with two attached hydrogens (primary N) is 1. The number of rotatable bonds is 4. The van der Waals surface area contributed by atoms with Crippen LogP contribution in [0.2, 0.25) is 0 Å². The van der Waals surface area contributed by atoms with Crippen molar-refractivity contribution in [2.24, 2.45) is 5.73 Å². The van der Waals surface area contributed by atoms with Gasteiger partial charge in [0.1, 0.15) is 12.4 Å². The van der Waals surface area contributed by atoms with Crippen LogP contribution >= 0.6 is 11.3 Å². The quantitative estimate of drug-likeness (QED) is 0.801. The summed E-state index contributed by atoms with van der Waals surface area (Å²) in [5.41, 5.74) is 9.14. The number of thiazole rings is 1. The van der Waals surface area contributed by atoms with Crippen LogP contribution in [-0.2, 0) is 6.61 Å². The summed E-state index contributed by atoms with van der Waals surface area (Å²) in [6.45, 7) is 4.48. The van der Waals surface area contributed by atoms with Gasteiger partial charge in [0, 0.05) is 29.4 Å². The lowest BCUT2D eigenvalue weighted by atomic mass is 10.1. The summed E-state index contributed by atoms with van der Waals surface area (Å²) >= 11 is 1.62. The molecule has 0 bridgehead atoms. The van der Waals surface area contributed by atoms with Gasteiger partial charge in [-0.1, -0.05) is 17.7 Å². The van der Waals surface area contributed by atoms with E-state index in [9.17, 15) is 0 Å². The largest absolute Gasteiger partial charge is 0.487 e. The van der Waals surface area contributed by atoms with Gasteiger partial charge < -0.3 is 10.5 Å². The Morgan fingerprint density at radius 2 is 2.30 bits per heavy atom. The first kappa shape index (κ1) is 13.1. The number of aromatic nitrogens is 2. The molecule has 1 atom stereocenters. The topological polar surface area (TPSA) is 52.5 Å². The average Bonchev–Trinajstić information content (AvgIpc) is 2.97. The summed E-state index contributed by atoms with van der Waals surface area (Å²) in [6, 6.07) is 6.04. The maximum absolute atomic E-state index is 6.00. The van der Waals surface area contributed by atoms with Crippen LogP contribution in [0.5, 0.6) is 5.75 Å². The van der Waals surface area contributed by atoms with Crippen molar-refractivity contribution in [3.8, 4) is 5.75 Å². The molecule has 2 N–H and O–H groups in total. The number of hydrogen-bond donors (Lipinski definition) is 1. The molecular weight excluding hydrogens is 270 g/mol. The van der Waals surface area contributed by atoms with Gasteiger partial charge in [-0.2, -0.15) is 0 Å². The summed E-state index contributed by atoms with van der Waals surface area (Å²) < 4.78 is 7.89. The Balaban J connectivity index is 1.79. The van der Waals surface area contributed by atoms with Crippen molar-refractivity contribution in [2.45, 2.75) is 26.5 Å². The molecule has 0 fully saturated rings. The number of hydrogen-bond acceptors (Lipinski definition) is 4. The number of aryl methyl sites for hydroxylation is 1. The van der Waals surface area contributed by atoms with Crippen molar-refractivity contribution in [1.82, 2.24) is 9.38 Å². The zero-order valence-electron chi connectivity index (χ0n) is 11.5. The lowest BCUT2D eigenvalue weighted by molar-refractivity contribution is 0.297. The highest BCUT2D eigenvalue weighted by Crippen LogP contribution is 2.26. The van der Waals surface area contributed by atoms with E-state index in [1.165, 1.54) is 5.56 Å². The number of fused-ring (bicyclic) bond motifs is 1. The van der Waals surface area contributed by atoms with Crippen LogP contribution in [0.1, 0.15) is 29.8 Å². The lowest BCUT2D eigenvalue weighted by Crippen LogP contribution is -2.08. The fourth-order valence-corrected chi connectivity index (χ4v) is 2.87. The minimum absolute atomic E-state index is 0.0459. The van der Waals surface area contributed by atoms with Gasteiger partial charge in [0.05, 0.1) is 5.69 Å². The third-order valence-corrected chi connectivity index (χ3v) is 3.95. The predicted molar refractivity (Wildman–Crippen MR) is 81.2 cm³/mol. The SMILES string of the molecule is Cc1ccc(OCc2cn3ccsc3n2)c([C@@H](C)N)c1. The number of nitrogens with zero attached hydrogens (tertiary/aromatic N) is 2. The lowest BCUT2D eigenvalue weighted by Gasteiger charge is -2.14. The van der Waals surface area contributed by atoms with E-state index in [1.54, 1.807) is 11.3 Å². The fraction of sp³-hybridized carbons (Fsp3) is 0.267. The van der Waals surface area contributed by atoms with E-state index < -0.39 is 0 Å². The van der Waals surface area contributed by atoms with Gasteiger partial charge in [0.15, 0.2) is 4.96 Å². The number of ether oxygens (including phenoxy) is 1. The Hall–Kier alpha value is -1.85. The van der Waals surface area contributed by atoms with Crippen molar-refractivity contribution >= 4 is 16.3 Å². The first-order valence-electron chi connectivity index (χ1n) is 6.53.